The minimum Gasteiger partial charge on any atom is -0.392 e. The Bertz CT molecular complexity index is 329. The van der Waals surface area contributed by atoms with Gasteiger partial charge in [0, 0.05) is 12.7 Å². The molecule has 0 spiro atoms. The number of hydrogen-bond acceptors (Lipinski definition) is 6. The molecule has 4 N–H and O–H groups in total. The Morgan fingerprint density at radius 2 is 2.36 bits per heavy atom. The first kappa shape index (κ1) is 10.8. The molecule has 1 heterocycles. The van der Waals surface area contributed by atoms with Crippen molar-refractivity contribution in [2.45, 2.75) is 4.90 Å². The molecule has 0 aliphatic carbocycles. The van der Waals surface area contributed by atoms with Crippen LogP contribution in [0.3, 0.4) is 0 Å². The highest BCUT2D eigenvalue weighted by Crippen LogP contribution is 2.15. The van der Waals surface area contributed by atoms with Crippen LogP contribution in [0.15, 0.2) is 23.2 Å². The fourth-order valence-electron chi connectivity index (χ4n) is 0.833. The molecule has 14 heavy (non-hydrogen) atoms. The van der Waals surface area contributed by atoms with Crippen molar-refractivity contribution in [1.82, 2.24) is 9.97 Å². The van der Waals surface area contributed by atoms with Gasteiger partial charge in [-0.1, -0.05) is 12.2 Å². The van der Waals surface area contributed by atoms with Gasteiger partial charge in [0.15, 0.2) is 0 Å². The molecular weight excluding hydrogens is 200 g/mol. The van der Waals surface area contributed by atoms with Gasteiger partial charge in [0.25, 0.3) is 0 Å². The van der Waals surface area contributed by atoms with Crippen molar-refractivity contribution in [1.29, 1.82) is 0 Å². The first-order valence-corrected chi connectivity index (χ1v) is 4.50. The van der Waals surface area contributed by atoms with Gasteiger partial charge in [-0.25, -0.2) is 4.98 Å². The second kappa shape index (κ2) is 5.46. The summed E-state index contributed by atoms with van der Waals surface area (Å²) in [7, 11) is 0. The summed E-state index contributed by atoms with van der Waals surface area (Å²) in [5.41, 5.74) is 5.40. The molecule has 5 nitrogen and oxygen atoms in total. The quantitative estimate of drug-likeness (QED) is 0.426. The maximum absolute atomic E-state index is 8.49. The van der Waals surface area contributed by atoms with E-state index in [9.17, 15) is 0 Å². The monoisotopic (exact) mass is 212 g/mol. The first-order valence-electron chi connectivity index (χ1n) is 4.05. The fourth-order valence-corrected chi connectivity index (χ4v) is 1.02. The third kappa shape index (κ3) is 3.23. The zero-order chi connectivity index (χ0) is 10.4. The van der Waals surface area contributed by atoms with Crippen LogP contribution in [0, 0.1) is 0 Å². The molecule has 0 saturated heterocycles. The van der Waals surface area contributed by atoms with E-state index in [0.717, 1.165) is 0 Å². The van der Waals surface area contributed by atoms with E-state index in [-0.39, 0.29) is 12.6 Å². The van der Waals surface area contributed by atoms with Gasteiger partial charge in [-0.3, -0.25) is 0 Å². The van der Waals surface area contributed by atoms with Gasteiger partial charge in [-0.15, -0.1) is 12.6 Å². The van der Waals surface area contributed by atoms with E-state index in [1.807, 2.05) is 0 Å². The van der Waals surface area contributed by atoms with Crippen molar-refractivity contribution in [3.05, 3.63) is 18.3 Å². The van der Waals surface area contributed by atoms with Crippen LogP contribution in [0.2, 0.25) is 0 Å². The predicted octanol–water partition coefficient (Wildman–Crippen LogP) is 0.308. The van der Waals surface area contributed by atoms with Crippen molar-refractivity contribution >= 4 is 24.4 Å². The van der Waals surface area contributed by atoms with E-state index in [0.29, 0.717) is 17.3 Å². The van der Waals surface area contributed by atoms with Gasteiger partial charge in [0.05, 0.1) is 11.5 Å². The highest BCUT2D eigenvalue weighted by Gasteiger charge is 1.99. The SMILES string of the molecule is Nc1ncc(S)c(NC/C=C/CO)n1. The van der Waals surface area contributed by atoms with E-state index in [1.54, 1.807) is 12.2 Å². The zero-order valence-electron chi connectivity index (χ0n) is 7.51. The summed E-state index contributed by atoms with van der Waals surface area (Å²) in [6.45, 7) is 0.589. The molecule has 0 atom stereocenters. The number of nitrogens with one attached hydrogen (secondary N) is 1. The number of nitrogens with zero attached hydrogens (tertiary/aromatic N) is 2. The number of hydrogen-bond donors (Lipinski definition) is 4. The lowest BCUT2D eigenvalue weighted by Gasteiger charge is -2.04. The Morgan fingerprint density at radius 3 is 3.07 bits per heavy atom. The molecule has 0 fully saturated rings. The molecule has 0 amide bonds. The van der Waals surface area contributed by atoms with Gasteiger partial charge >= 0.3 is 0 Å². The fraction of sp³-hybridized carbons (Fsp3) is 0.250. The summed E-state index contributed by atoms with van der Waals surface area (Å²) in [6.07, 6.45) is 4.95. The Balaban J connectivity index is 2.57. The average molecular weight is 212 g/mol. The van der Waals surface area contributed by atoms with Gasteiger partial charge in [0.2, 0.25) is 5.95 Å². The normalized spacial score (nSPS) is 10.7. The molecule has 0 radical (unpaired) electrons. The largest absolute Gasteiger partial charge is 0.392 e. The van der Waals surface area contributed by atoms with Crippen LogP contribution in [0.1, 0.15) is 0 Å². The van der Waals surface area contributed by atoms with Gasteiger partial charge in [-0.05, 0) is 0 Å². The summed E-state index contributed by atoms with van der Waals surface area (Å²) >= 11 is 4.15. The van der Waals surface area contributed by atoms with E-state index < -0.39 is 0 Å². The zero-order valence-corrected chi connectivity index (χ0v) is 8.41. The maximum atomic E-state index is 8.49. The minimum atomic E-state index is 0.0291. The molecule has 0 saturated carbocycles. The molecule has 6 heteroatoms. The molecule has 0 unspecified atom stereocenters. The lowest BCUT2D eigenvalue weighted by molar-refractivity contribution is 0.342. The number of anilines is 2. The molecule has 76 valence electrons. The lowest BCUT2D eigenvalue weighted by atomic mass is 10.5. The third-order valence-corrected chi connectivity index (χ3v) is 1.77. The number of aromatic nitrogens is 2. The van der Waals surface area contributed by atoms with Crippen LogP contribution in [0.25, 0.3) is 0 Å². The van der Waals surface area contributed by atoms with Crippen molar-refractivity contribution in [2.75, 3.05) is 24.2 Å². The summed E-state index contributed by atoms with van der Waals surface area (Å²) in [4.78, 5) is 8.36. The summed E-state index contributed by atoms with van der Waals surface area (Å²) < 4.78 is 0. The number of nitrogen functional groups attached to an aromatic ring is 1. The van der Waals surface area contributed by atoms with Crippen molar-refractivity contribution < 1.29 is 5.11 Å². The van der Waals surface area contributed by atoms with E-state index in [2.05, 4.69) is 27.9 Å². The molecular formula is C8H12N4OS. The van der Waals surface area contributed by atoms with E-state index in [4.69, 9.17) is 10.8 Å². The van der Waals surface area contributed by atoms with Crippen LogP contribution in [-0.4, -0.2) is 28.2 Å². The van der Waals surface area contributed by atoms with Gasteiger partial charge in [-0.2, -0.15) is 4.98 Å². The average Bonchev–Trinajstić information content (AvgIpc) is 2.18. The maximum Gasteiger partial charge on any atom is 0.221 e. The van der Waals surface area contributed by atoms with Crippen molar-refractivity contribution in [3.63, 3.8) is 0 Å². The Kier molecular flexibility index (Phi) is 4.21. The smallest absolute Gasteiger partial charge is 0.221 e. The lowest BCUT2D eigenvalue weighted by Crippen LogP contribution is -2.04. The molecule has 0 bridgehead atoms. The van der Waals surface area contributed by atoms with Crippen LogP contribution < -0.4 is 11.1 Å². The summed E-state index contributed by atoms with van der Waals surface area (Å²) in [5, 5.41) is 11.5. The van der Waals surface area contributed by atoms with E-state index >= 15 is 0 Å². The van der Waals surface area contributed by atoms with Crippen LogP contribution in [0.5, 0.6) is 0 Å². The Hall–Kier alpha value is -1.27. The predicted molar refractivity (Wildman–Crippen MR) is 58.4 cm³/mol. The molecule has 1 rings (SSSR count). The second-order valence-electron chi connectivity index (χ2n) is 2.50. The Labute approximate surface area is 87.5 Å². The van der Waals surface area contributed by atoms with Crippen molar-refractivity contribution in [2.24, 2.45) is 0 Å². The number of aliphatic hydroxyl groups is 1. The first-order chi connectivity index (χ1) is 6.74. The molecule has 1 aromatic heterocycles. The minimum absolute atomic E-state index is 0.0291. The highest BCUT2D eigenvalue weighted by molar-refractivity contribution is 7.80. The standard InChI is InChI=1S/C8H12N4OS/c9-8-11-5-6(14)7(12-8)10-3-1-2-4-13/h1-2,5,13-14H,3-4H2,(H3,9,10,11,12)/b2-1+. The topological polar surface area (TPSA) is 84.1 Å². The number of aliphatic hydroxyl groups excluding tert-OH is 1. The highest BCUT2D eigenvalue weighted by atomic mass is 32.1. The third-order valence-electron chi connectivity index (χ3n) is 1.45. The van der Waals surface area contributed by atoms with Crippen LogP contribution >= 0.6 is 12.6 Å². The van der Waals surface area contributed by atoms with Gasteiger partial charge in [0.1, 0.15) is 5.82 Å². The molecule has 1 aromatic rings. The molecule has 0 aliphatic heterocycles. The number of rotatable bonds is 4. The van der Waals surface area contributed by atoms with Crippen molar-refractivity contribution in [3.8, 4) is 0 Å². The molecule has 0 aliphatic rings. The Morgan fingerprint density at radius 1 is 1.57 bits per heavy atom. The van der Waals surface area contributed by atoms with E-state index in [1.165, 1.54) is 6.20 Å². The van der Waals surface area contributed by atoms with Crippen LogP contribution in [-0.2, 0) is 0 Å². The number of thiol groups is 1. The summed E-state index contributed by atoms with van der Waals surface area (Å²) in [5.74, 6) is 0.792. The van der Waals surface area contributed by atoms with Gasteiger partial charge < -0.3 is 16.2 Å². The number of nitrogens with two attached hydrogens (primary N) is 1. The van der Waals surface area contributed by atoms with Crippen LogP contribution in [0.4, 0.5) is 11.8 Å². The second-order valence-corrected chi connectivity index (χ2v) is 2.98. The molecule has 0 aromatic carbocycles. The summed E-state index contributed by atoms with van der Waals surface area (Å²) in [6, 6.07) is 0.